The van der Waals surface area contributed by atoms with Gasteiger partial charge in [0.25, 0.3) is 0 Å². The molecule has 0 unspecified atom stereocenters. The number of hydrogen-bond donors (Lipinski definition) is 0. The molecule has 1 rings (SSSR count). The van der Waals surface area contributed by atoms with Crippen LogP contribution in [-0.4, -0.2) is 17.9 Å². The van der Waals surface area contributed by atoms with Gasteiger partial charge in [0.05, 0.1) is 7.11 Å². The third-order valence-corrected chi connectivity index (χ3v) is 1.55. The largest absolute Gasteiger partial charge is 0.481 e. The van der Waals surface area contributed by atoms with Gasteiger partial charge in [0.15, 0.2) is 5.78 Å². The molecular weight excluding hydrogens is 154 g/mol. The lowest BCUT2D eigenvalue weighted by Gasteiger charge is -2.02. The summed E-state index contributed by atoms with van der Waals surface area (Å²) in [6, 6.07) is 3.38. The van der Waals surface area contributed by atoms with Crippen LogP contribution in [0.15, 0.2) is 12.1 Å². The fraction of sp³-hybridized carbons (Fsp3) is 0.333. The summed E-state index contributed by atoms with van der Waals surface area (Å²) in [6.45, 7) is 3.35. The minimum atomic E-state index is 0.0267. The summed E-state index contributed by atoms with van der Waals surface area (Å²) in [7, 11) is 1.53. The van der Waals surface area contributed by atoms with Crippen LogP contribution >= 0.6 is 0 Å². The lowest BCUT2D eigenvalue weighted by Crippen LogP contribution is -1.97. The van der Waals surface area contributed by atoms with Crippen molar-refractivity contribution in [2.75, 3.05) is 7.11 Å². The molecular formula is C9H11NO2. The molecule has 0 radical (unpaired) electrons. The standard InChI is InChI=1S/C9H11NO2/c1-6-4-8(7(2)11)5-9(10-6)12-3/h4-5H,1-3H3. The van der Waals surface area contributed by atoms with Crippen LogP contribution in [0.1, 0.15) is 23.0 Å². The Labute approximate surface area is 71.4 Å². The van der Waals surface area contributed by atoms with E-state index in [0.29, 0.717) is 11.4 Å². The number of pyridine rings is 1. The molecule has 0 saturated heterocycles. The van der Waals surface area contributed by atoms with E-state index in [1.807, 2.05) is 6.92 Å². The zero-order valence-corrected chi connectivity index (χ0v) is 7.42. The number of nitrogens with zero attached hydrogens (tertiary/aromatic N) is 1. The Bertz CT molecular complexity index is 307. The van der Waals surface area contributed by atoms with Crippen molar-refractivity contribution in [3.63, 3.8) is 0 Å². The van der Waals surface area contributed by atoms with Crippen molar-refractivity contribution in [3.8, 4) is 5.88 Å². The van der Waals surface area contributed by atoms with Gasteiger partial charge < -0.3 is 4.74 Å². The maximum atomic E-state index is 11.0. The molecule has 0 atom stereocenters. The van der Waals surface area contributed by atoms with E-state index in [0.717, 1.165) is 5.69 Å². The Morgan fingerprint density at radius 2 is 2.17 bits per heavy atom. The molecule has 0 saturated carbocycles. The topological polar surface area (TPSA) is 39.2 Å². The summed E-state index contributed by atoms with van der Waals surface area (Å²) in [4.78, 5) is 15.0. The molecule has 0 aromatic carbocycles. The van der Waals surface area contributed by atoms with Gasteiger partial charge in [0.1, 0.15) is 0 Å². The van der Waals surface area contributed by atoms with Crippen LogP contribution in [0.25, 0.3) is 0 Å². The highest BCUT2D eigenvalue weighted by molar-refractivity contribution is 5.94. The Morgan fingerprint density at radius 3 is 2.67 bits per heavy atom. The zero-order valence-electron chi connectivity index (χ0n) is 7.42. The van der Waals surface area contributed by atoms with Gasteiger partial charge in [-0.2, -0.15) is 0 Å². The number of aryl methyl sites for hydroxylation is 1. The summed E-state index contributed by atoms with van der Waals surface area (Å²) in [5.41, 5.74) is 1.43. The lowest BCUT2D eigenvalue weighted by molar-refractivity contribution is 0.101. The van der Waals surface area contributed by atoms with E-state index in [2.05, 4.69) is 4.98 Å². The molecule has 0 aliphatic carbocycles. The predicted molar refractivity (Wildman–Crippen MR) is 45.5 cm³/mol. The number of hydrogen-bond acceptors (Lipinski definition) is 3. The molecule has 1 heterocycles. The van der Waals surface area contributed by atoms with E-state index in [1.165, 1.54) is 14.0 Å². The van der Waals surface area contributed by atoms with Gasteiger partial charge in [0, 0.05) is 17.3 Å². The molecule has 0 fully saturated rings. The number of methoxy groups -OCH3 is 1. The van der Waals surface area contributed by atoms with E-state index in [1.54, 1.807) is 12.1 Å². The monoisotopic (exact) mass is 165 g/mol. The van der Waals surface area contributed by atoms with Gasteiger partial charge in [-0.25, -0.2) is 4.98 Å². The van der Waals surface area contributed by atoms with Crippen LogP contribution < -0.4 is 4.74 Å². The number of rotatable bonds is 2. The van der Waals surface area contributed by atoms with E-state index in [4.69, 9.17) is 4.74 Å². The van der Waals surface area contributed by atoms with Crippen molar-refractivity contribution in [2.45, 2.75) is 13.8 Å². The summed E-state index contributed by atoms with van der Waals surface area (Å²) in [6.07, 6.45) is 0. The van der Waals surface area contributed by atoms with Gasteiger partial charge in [-0.05, 0) is 19.9 Å². The average Bonchev–Trinajstić information content (AvgIpc) is 2.03. The molecule has 3 nitrogen and oxygen atoms in total. The third kappa shape index (κ3) is 1.81. The number of Topliss-reactive ketones (excluding diaryl/α,β-unsaturated/α-hetero) is 1. The Balaban J connectivity index is 3.15. The fourth-order valence-corrected chi connectivity index (χ4v) is 0.946. The van der Waals surface area contributed by atoms with Crippen LogP contribution in [0.5, 0.6) is 5.88 Å². The molecule has 3 heteroatoms. The highest BCUT2D eigenvalue weighted by Gasteiger charge is 2.03. The molecule has 0 aliphatic heterocycles. The first-order valence-corrected chi connectivity index (χ1v) is 3.67. The van der Waals surface area contributed by atoms with Crippen LogP contribution in [0.2, 0.25) is 0 Å². The maximum Gasteiger partial charge on any atom is 0.213 e. The highest BCUT2D eigenvalue weighted by Crippen LogP contribution is 2.11. The lowest BCUT2D eigenvalue weighted by atomic mass is 10.2. The molecule has 0 amide bonds. The zero-order chi connectivity index (χ0) is 9.14. The normalized spacial score (nSPS) is 9.58. The van der Waals surface area contributed by atoms with Gasteiger partial charge >= 0.3 is 0 Å². The molecule has 64 valence electrons. The Kier molecular flexibility index (Phi) is 2.43. The number of ketones is 1. The minimum Gasteiger partial charge on any atom is -0.481 e. The van der Waals surface area contributed by atoms with Crippen molar-refractivity contribution in [1.29, 1.82) is 0 Å². The van der Waals surface area contributed by atoms with Crippen molar-refractivity contribution < 1.29 is 9.53 Å². The van der Waals surface area contributed by atoms with E-state index >= 15 is 0 Å². The Morgan fingerprint density at radius 1 is 1.50 bits per heavy atom. The van der Waals surface area contributed by atoms with Crippen LogP contribution in [0, 0.1) is 6.92 Å². The van der Waals surface area contributed by atoms with Crippen molar-refractivity contribution in [3.05, 3.63) is 23.4 Å². The molecule has 12 heavy (non-hydrogen) atoms. The molecule has 0 N–H and O–H groups in total. The molecule has 0 aliphatic rings. The molecule has 0 spiro atoms. The van der Waals surface area contributed by atoms with Gasteiger partial charge in [-0.3, -0.25) is 4.79 Å². The molecule has 0 bridgehead atoms. The number of carbonyl (C=O) groups excluding carboxylic acids is 1. The van der Waals surface area contributed by atoms with E-state index in [9.17, 15) is 4.79 Å². The average molecular weight is 165 g/mol. The van der Waals surface area contributed by atoms with Crippen molar-refractivity contribution in [1.82, 2.24) is 4.98 Å². The van der Waals surface area contributed by atoms with Gasteiger partial charge in [0.2, 0.25) is 5.88 Å². The number of carbonyl (C=O) groups is 1. The SMILES string of the molecule is COc1cc(C(C)=O)cc(C)n1. The second kappa shape index (κ2) is 3.34. The van der Waals surface area contributed by atoms with Crippen LogP contribution in [0.4, 0.5) is 0 Å². The predicted octanol–water partition coefficient (Wildman–Crippen LogP) is 1.60. The smallest absolute Gasteiger partial charge is 0.213 e. The first kappa shape index (κ1) is 8.71. The number of aromatic nitrogens is 1. The minimum absolute atomic E-state index is 0.0267. The first-order chi connectivity index (χ1) is 5.63. The quantitative estimate of drug-likeness (QED) is 0.625. The summed E-state index contributed by atoms with van der Waals surface area (Å²) in [5.74, 6) is 0.513. The highest BCUT2D eigenvalue weighted by atomic mass is 16.5. The van der Waals surface area contributed by atoms with Gasteiger partial charge in [-0.15, -0.1) is 0 Å². The van der Waals surface area contributed by atoms with E-state index < -0.39 is 0 Å². The van der Waals surface area contributed by atoms with Crippen LogP contribution in [-0.2, 0) is 0 Å². The molecule has 1 aromatic heterocycles. The maximum absolute atomic E-state index is 11.0. The van der Waals surface area contributed by atoms with Crippen molar-refractivity contribution >= 4 is 5.78 Å². The molecule has 1 aromatic rings. The van der Waals surface area contributed by atoms with Gasteiger partial charge in [-0.1, -0.05) is 0 Å². The fourth-order valence-electron chi connectivity index (χ4n) is 0.946. The van der Waals surface area contributed by atoms with Crippen LogP contribution in [0.3, 0.4) is 0 Å². The Hall–Kier alpha value is -1.38. The second-order valence-electron chi connectivity index (χ2n) is 2.60. The van der Waals surface area contributed by atoms with Crippen molar-refractivity contribution in [2.24, 2.45) is 0 Å². The summed E-state index contributed by atoms with van der Waals surface area (Å²) >= 11 is 0. The first-order valence-electron chi connectivity index (χ1n) is 3.67. The summed E-state index contributed by atoms with van der Waals surface area (Å²) in [5, 5.41) is 0. The second-order valence-corrected chi connectivity index (χ2v) is 2.60. The third-order valence-electron chi connectivity index (χ3n) is 1.55. The van der Waals surface area contributed by atoms with E-state index in [-0.39, 0.29) is 5.78 Å². The summed E-state index contributed by atoms with van der Waals surface area (Å²) < 4.78 is 4.92. The number of ether oxygens (including phenoxy) is 1.